The SMILES string of the molecule is CC/C=C\C/C=C\C/C=C\C/C=C\C/C=C\C/C=C\CCC(=O)OC(COC(=O)CCCCCCCCCCCCCCCCCCCCCCCCCC/C=C\C/C=C\C/C=C\C/C=C\CC)COP(=O)([O-])OCC[N+](C)(C)C. The number of rotatable bonds is 58. The monoisotopic (exact) mass is 1130 g/mol. The van der Waals surface area contributed by atoms with Gasteiger partial charge < -0.3 is 27.9 Å². The molecule has 0 aromatic heterocycles. The Balaban J connectivity index is 4.03. The Kier molecular flexibility index (Phi) is 57.3. The predicted molar refractivity (Wildman–Crippen MR) is 341 cm³/mol. The first kappa shape index (κ1) is 76.4. The number of carbonyl (C=O) groups excluding carboxylic acids is 2. The molecule has 458 valence electrons. The van der Waals surface area contributed by atoms with Crippen molar-refractivity contribution in [2.24, 2.45) is 0 Å². The van der Waals surface area contributed by atoms with Crippen LogP contribution in [-0.2, 0) is 32.7 Å². The number of hydrogen-bond acceptors (Lipinski definition) is 8. The van der Waals surface area contributed by atoms with Crippen molar-refractivity contribution < 1.29 is 42.1 Å². The highest BCUT2D eigenvalue weighted by molar-refractivity contribution is 7.45. The molecule has 10 heteroatoms. The van der Waals surface area contributed by atoms with Crippen LogP contribution >= 0.6 is 7.82 Å². The first-order valence-electron chi connectivity index (χ1n) is 32.2. The predicted octanol–water partition coefficient (Wildman–Crippen LogP) is 20.1. The van der Waals surface area contributed by atoms with Crippen LogP contribution in [0.15, 0.2) is 122 Å². The average molecular weight is 1130 g/mol. The van der Waals surface area contributed by atoms with Crippen molar-refractivity contribution in [2.75, 3.05) is 47.5 Å². The largest absolute Gasteiger partial charge is 0.756 e. The van der Waals surface area contributed by atoms with E-state index in [1.54, 1.807) is 0 Å². The van der Waals surface area contributed by atoms with Crippen molar-refractivity contribution in [3.8, 4) is 0 Å². The highest BCUT2D eigenvalue weighted by Crippen LogP contribution is 2.38. The van der Waals surface area contributed by atoms with Gasteiger partial charge >= 0.3 is 11.9 Å². The van der Waals surface area contributed by atoms with Crippen molar-refractivity contribution in [3.05, 3.63) is 122 Å². The van der Waals surface area contributed by atoms with Gasteiger partial charge in [-0.05, 0) is 89.9 Å². The number of ether oxygens (including phenoxy) is 2. The van der Waals surface area contributed by atoms with E-state index in [9.17, 15) is 19.0 Å². The summed E-state index contributed by atoms with van der Waals surface area (Å²) in [5, 5.41) is 0. The fraction of sp³-hybridized carbons (Fsp3) is 0.686. The molecule has 0 aliphatic rings. The summed E-state index contributed by atoms with van der Waals surface area (Å²) in [5.74, 6) is -0.930. The molecule has 0 aromatic carbocycles. The Hall–Kier alpha value is -3.59. The Morgan fingerprint density at radius 2 is 0.700 bits per heavy atom. The second kappa shape index (κ2) is 60.0. The molecule has 9 nitrogen and oxygen atoms in total. The minimum absolute atomic E-state index is 0.0486. The molecule has 0 rings (SSSR count). The fourth-order valence-corrected chi connectivity index (χ4v) is 9.34. The van der Waals surface area contributed by atoms with Gasteiger partial charge in [0.2, 0.25) is 0 Å². The molecular formula is C70H120NO8P. The van der Waals surface area contributed by atoms with Crippen LogP contribution in [0.25, 0.3) is 0 Å². The number of carbonyl (C=O) groups is 2. The van der Waals surface area contributed by atoms with Gasteiger partial charge in [0.25, 0.3) is 7.82 Å². The van der Waals surface area contributed by atoms with Crippen LogP contribution in [0.3, 0.4) is 0 Å². The number of allylic oxidation sites excluding steroid dienone is 20. The third-order valence-electron chi connectivity index (χ3n) is 13.5. The molecule has 0 radical (unpaired) electrons. The van der Waals surface area contributed by atoms with Crippen LogP contribution in [0, 0.1) is 0 Å². The maximum Gasteiger partial charge on any atom is 0.306 e. The molecule has 2 unspecified atom stereocenters. The molecular weight excluding hydrogens is 1010 g/mol. The summed E-state index contributed by atoms with van der Waals surface area (Å²) >= 11 is 0. The summed E-state index contributed by atoms with van der Waals surface area (Å²) in [6.45, 7) is 3.93. The second-order valence-corrected chi connectivity index (χ2v) is 23.8. The van der Waals surface area contributed by atoms with Crippen LogP contribution in [0.5, 0.6) is 0 Å². The standard InChI is InChI=1S/C70H120NO8P/c1-6-8-10-12-14-16-18-20-22-24-26-27-28-29-30-31-32-33-34-35-36-37-38-39-40-41-42-43-45-46-48-50-52-54-56-58-60-62-69(72)76-66-68(67-78-80(74,75)77-65-64-71(3,4)5)79-70(73)63-61-59-57-55-53-51-49-47-44-25-23-21-19-17-15-13-11-9-7-2/h8-11,14-17,20-23,26-27,44,47,51,53,57,59,68H,6-7,12-13,18-19,24-25,28-43,45-46,48-50,52,54-56,58,60-67H2,1-5H3/b10-8-,11-9-,16-14-,17-15-,22-20-,23-21-,27-26-,47-44-,53-51-,59-57-. The molecule has 0 saturated heterocycles. The van der Waals surface area contributed by atoms with Gasteiger partial charge in [0.1, 0.15) is 19.8 Å². The normalized spacial score (nSPS) is 14.0. The summed E-state index contributed by atoms with van der Waals surface area (Å²) in [6, 6.07) is 0. The fourth-order valence-electron chi connectivity index (χ4n) is 8.62. The van der Waals surface area contributed by atoms with Gasteiger partial charge in [-0.2, -0.15) is 0 Å². The van der Waals surface area contributed by atoms with E-state index in [1.807, 2.05) is 33.3 Å². The van der Waals surface area contributed by atoms with Crippen molar-refractivity contribution in [1.29, 1.82) is 0 Å². The van der Waals surface area contributed by atoms with E-state index in [0.29, 0.717) is 17.4 Å². The van der Waals surface area contributed by atoms with E-state index in [-0.39, 0.29) is 26.1 Å². The molecule has 2 atom stereocenters. The quantitative estimate of drug-likeness (QED) is 0.0195. The van der Waals surface area contributed by atoms with Gasteiger partial charge in [0, 0.05) is 12.8 Å². The van der Waals surface area contributed by atoms with Gasteiger partial charge in [0.05, 0.1) is 27.7 Å². The molecule has 0 heterocycles. The molecule has 0 N–H and O–H groups in total. The van der Waals surface area contributed by atoms with Crippen molar-refractivity contribution >= 4 is 19.8 Å². The zero-order chi connectivity index (χ0) is 58.4. The third kappa shape index (κ3) is 63.6. The average Bonchev–Trinajstić information content (AvgIpc) is 3.42. The van der Waals surface area contributed by atoms with E-state index in [2.05, 4.69) is 123 Å². The number of phosphoric acid groups is 1. The number of nitrogens with zero attached hydrogens (tertiary/aromatic N) is 1. The summed E-state index contributed by atoms with van der Waals surface area (Å²) in [4.78, 5) is 37.9. The molecule has 0 saturated carbocycles. The molecule has 80 heavy (non-hydrogen) atoms. The summed E-state index contributed by atoms with van der Waals surface area (Å²) in [5.41, 5.74) is 0. The number of hydrogen-bond donors (Lipinski definition) is 0. The maximum absolute atomic E-state index is 12.8. The lowest BCUT2D eigenvalue weighted by Crippen LogP contribution is -2.37. The van der Waals surface area contributed by atoms with E-state index < -0.39 is 32.5 Å². The van der Waals surface area contributed by atoms with Crippen LogP contribution in [0.1, 0.15) is 258 Å². The van der Waals surface area contributed by atoms with Gasteiger partial charge in [-0.25, -0.2) is 0 Å². The third-order valence-corrected chi connectivity index (χ3v) is 14.5. The van der Waals surface area contributed by atoms with E-state index in [1.165, 1.54) is 141 Å². The zero-order valence-electron chi connectivity index (χ0n) is 52.0. The van der Waals surface area contributed by atoms with Gasteiger partial charge in [-0.3, -0.25) is 14.2 Å². The summed E-state index contributed by atoms with van der Waals surface area (Å²) in [7, 11) is 1.11. The highest BCUT2D eigenvalue weighted by atomic mass is 31.2. The molecule has 0 bridgehead atoms. The van der Waals surface area contributed by atoms with Crippen LogP contribution in [0.4, 0.5) is 0 Å². The first-order valence-corrected chi connectivity index (χ1v) is 33.7. The minimum Gasteiger partial charge on any atom is -0.756 e. The minimum atomic E-state index is -4.66. The lowest BCUT2D eigenvalue weighted by atomic mass is 10.0. The van der Waals surface area contributed by atoms with Gasteiger partial charge in [-0.1, -0.05) is 277 Å². The smallest absolute Gasteiger partial charge is 0.306 e. The van der Waals surface area contributed by atoms with Crippen LogP contribution in [0.2, 0.25) is 0 Å². The Bertz CT molecular complexity index is 1760. The molecule has 0 fully saturated rings. The van der Waals surface area contributed by atoms with Crippen molar-refractivity contribution in [3.63, 3.8) is 0 Å². The second-order valence-electron chi connectivity index (χ2n) is 22.4. The van der Waals surface area contributed by atoms with Crippen molar-refractivity contribution in [1.82, 2.24) is 0 Å². The topological polar surface area (TPSA) is 111 Å². The van der Waals surface area contributed by atoms with Gasteiger partial charge in [-0.15, -0.1) is 0 Å². The molecule has 0 aliphatic carbocycles. The maximum atomic E-state index is 12.8. The van der Waals surface area contributed by atoms with Crippen LogP contribution in [-0.4, -0.2) is 70.0 Å². The van der Waals surface area contributed by atoms with Crippen LogP contribution < -0.4 is 4.89 Å². The number of phosphoric ester groups is 1. The van der Waals surface area contributed by atoms with E-state index >= 15 is 0 Å². The number of esters is 2. The summed E-state index contributed by atoms with van der Waals surface area (Å²) < 4.78 is 34.1. The Labute approximate surface area is 492 Å². The van der Waals surface area contributed by atoms with Crippen molar-refractivity contribution in [2.45, 2.75) is 264 Å². The molecule has 0 amide bonds. The molecule has 0 aliphatic heterocycles. The zero-order valence-corrected chi connectivity index (χ0v) is 52.9. The van der Waals surface area contributed by atoms with E-state index in [0.717, 1.165) is 83.5 Å². The molecule has 0 spiro atoms. The van der Waals surface area contributed by atoms with Gasteiger partial charge in [0.15, 0.2) is 6.10 Å². The summed E-state index contributed by atoms with van der Waals surface area (Å²) in [6.07, 6.45) is 85.9. The number of likely N-dealkylation sites (N-methyl/N-ethyl adjacent to an activating group) is 1. The molecule has 0 aromatic rings. The number of unbranched alkanes of at least 4 members (excludes halogenated alkanes) is 24. The lowest BCUT2D eigenvalue weighted by Gasteiger charge is -2.28. The lowest BCUT2D eigenvalue weighted by molar-refractivity contribution is -0.870. The first-order chi connectivity index (χ1) is 39.0. The highest BCUT2D eigenvalue weighted by Gasteiger charge is 2.21. The van der Waals surface area contributed by atoms with E-state index in [4.69, 9.17) is 18.5 Å². The Morgan fingerprint density at radius 1 is 0.388 bits per heavy atom. The number of quaternary nitrogens is 1. The Morgan fingerprint density at radius 3 is 1.05 bits per heavy atom.